The van der Waals surface area contributed by atoms with E-state index in [1.807, 2.05) is 12.1 Å². The van der Waals surface area contributed by atoms with Crippen LogP contribution in [0.5, 0.6) is 0 Å². The van der Waals surface area contributed by atoms with Crippen molar-refractivity contribution in [3.63, 3.8) is 0 Å². The van der Waals surface area contributed by atoms with E-state index in [0.29, 0.717) is 10.9 Å². The summed E-state index contributed by atoms with van der Waals surface area (Å²) in [6, 6.07) is 11.1. The van der Waals surface area contributed by atoms with Crippen LogP contribution in [0.15, 0.2) is 40.9 Å². The molecule has 2 aromatic carbocycles. The number of halogens is 2. The second kappa shape index (κ2) is 5.85. The average Bonchev–Trinajstić information content (AvgIpc) is 2.35. The van der Waals surface area contributed by atoms with Gasteiger partial charge in [-0.05, 0) is 64.5 Å². The van der Waals surface area contributed by atoms with Gasteiger partial charge in [-0.1, -0.05) is 30.3 Å². The highest BCUT2D eigenvalue weighted by Crippen LogP contribution is 2.27. The van der Waals surface area contributed by atoms with Gasteiger partial charge in [-0.25, -0.2) is 4.39 Å². The van der Waals surface area contributed by atoms with E-state index in [1.54, 1.807) is 6.07 Å². The van der Waals surface area contributed by atoms with Crippen molar-refractivity contribution in [1.29, 1.82) is 0 Å². The normalized spacial score (nSPS) is 12.5. The number of hydrogen-bond acceptors (Lipinski definition) is 1. The Hall–Kier alpha value is -1.19. The second-order valence-corrected chi connectivity index (χ2v) is 5.62. The van der Waals surface area contributed by atoms with Crippen LogP contribution in [-0.2, 0) is 6.42 Å². The summed E-state index contributed by atoms with van der Waals surface area (Å²) in [5, 5.41) is 0. The number of benzene rings is 2. The SMILES string of the molecule is Cc1cccc(C)c1C(N)Cc1cccc(F)c1Br. The van der Waals surface area contributed by atoms with Crippen LogP contribution in [-0.4, -0.2) is 0 Å². The Morgan fingerprint density at radius 2 is 1.68 bits per heavy atom. The Bertz CT molecular complexity index is 575. The van der Waals surface area contributed by atoms with Gasteiger partial charge in [0.1, 0.15) is 5.82 Å². The third-order valence-electron chi connectivity index (χ3n) is 3.38. The van der Waals surface area contributed by atoms with Crippen LogP contribution >= 0.6 is 15.9 Å². The summed E-state index contributed by atoms with van der Waals surface area (Å²) in [7, 11) is 0. The molecule has 0 aliphatic rings. The van der Waals surface area contributed by atoms with Crippen LogP contribution in [0.25, 0.3) is 0 Å². The molecule has 19 heavy (non-hydrogen) atoms. The van der Waals surface area contributed by atoms with Gasteiger partial charge >= 0.3 is 0 Å². The first-order valence-corrected chi connectivity index (χ1v) is 7.04. The molecule has 1 atom stereocenters. The average molecular weight is 322 g/mol. The molecule has 0 saturated heterocycles. The lowest BCUT2D eigenvalue weighted by Crippen LogP contribution is -2.16. The summed E-state index contributed by atoms with van der Waals surface area (Å²) < 4.78 is 14.0. The van der Waals surface area contributed by atoms with E-state index in [-0.39, 0.29) is 11.9 Å². The molecule has 1 nitrogen and oxygen atoms in total. The highest BCUT2D eigenvalue weighted by Gasteiger charge is 2.14. The molecule has 1 unspecified atom stereocenters. The third-order valence-corrected chi connectivity index (χ3v) is 4.27. The van der Waals surface area contributed by atoms with Crippen molar-refractivity contribution in [2.24, 2.45) is 5.73 Å². The maximum Gasteiger partial charge on any atom is 0.137 e. The first kappa shape index (κ1) is 14.2. The van der Waals surface area contributed by atoms with Gasteiger partial charge in [0.2, 0.25) is 0 Å². The Balaban J connectivity index is 2.31. The molecule has 0 radical (unpaired) electrons. The molecule has 0 aliphatic heterocycles. The topological polar surface area (TPSA) is 26.0 Å². The third kappa shape index (κ3) is 3.04. The van der Waals surface area contributed by atoms with Crippen molar-refractivity contribution in [3.05, 3.63) is 68.9 Å². The van der Waals surface area contributed by atoms with Crippen LogP contribution in [0.1, 0.15) is 28.3 Å². The van der Waals surface area contributed by atoms with Gasteiger partial charge in [0.05, 0.1) is 4.47 Å². The highest BCUT2D eigenvalue weighted by molar-refractivity contribution is 9.10. The van der Waals surface area contributed by atoms with E-state index in [9.17, 15) is 4.39 Å². The van der Waals surface area contributed by atoms with E-state index in [4.69, 9.17) is 5.73 Å². The number of hydrogen-bond donors (Lipinski definition) is 1. The molecule has 0 aliphatic carbocycles. The Labute approximate surface area is 121 Å². The van der Waals surface area contributed by atoms with Crippen molar-refractivity contribution in [3.8, 4) is 0 Å². The maximum absolute atomic E-state index is 13.5. The molecular weight excluding hydrogens is 305 g/mol. The van der Waals surface area contributed by atoms with Crippen molar-refractivity contribution < 1.29 is 4.39 Å². The predicted molar refractivity (Wildman–Crippen MR) is 80.6 cm³/mol. The lowest BCUT2D eigenvalue weighted by Gasteiger charge is -2.18. The van der Waals surface area contributed by atoms with E-state index >= 15 is 0 Å². The van der Waals surface area contributed by atoms with E-state index < -0.39 is 0 Å². The van der Waals surface area contributed by atoms with Crippen LogP contribution in [0.2, 0.25) is 0 Å². The fourth-order valence-corrected chi connectivity index (χ4v) is 2.88. The van der Waals surface area contributed by atoms with Crippen molar-refractivity contribution in [2.45, 2.75) is 26.3 Å². The van der Waals surface area contributed by atoms with Gasteiger partial charge < -0.3 is 5.73 Å². The summed E-state index contributed by atoms with van der Waals surface area (Å²) in [6.07, 6.45) is 0.615. The Morgan fingerprint density at radius 1 is 1.11 bits per heavy atom. The Morgan fingerprint density at radius 3 is 2.32 bits per heavy atom. The lowest BCUT2D eigenvalue weighted by atomic mass is 9.92. The minimum absolute atomic E-state index is 0.126. The first-order valence-electron chi connectivity index (χ1n) is 6.25. The van der Waals surface area contributed by atoms with Crippen molar-refractivity contribution in [2.75, 3.05) is 0 Å². The zero-order valence-corrected chi connectivity index (χ0v) is 12.7. The summed E-state index contributed by atoms with van der Waals surface area (Å²) >= 11 is 3.29. The summed E-state index contributed by atoms with van der Waals surface area (Å²) in [5.41, 5.74) is 10.7. The van der Waals surface area contributed by atoms with Crippen LogP contribution in [0.3, 0.4) is 0 Å². The molecule has 0 bridgehead atoms. The molecule has 0 spiro atoms. The number of aryl methyl sites for hydroxylation is 2. The second-order valence-electron chi connectivity index (χ2n) is 4.83. The largest absolute Gasteiger partial charge is 0.324 e. The molecule has 0 fully saturated rings. The monoisotopic (exact) mass is 321 g/mol. The summed E-state index contributed by atoms with van der Waals surface area (Å²) in [5.74, 6) is -0.244. The lowest BCUT2D eigenvalue weighted by molar-refractivity contribution is 0.613. The molecule has 0 saturated carbocycles. The fourth-order valence-electron chi connectivity index (χ4n) is 2.46. The fraction of sp³-hybridized carbons (Fsp3) is 0.250. The zero-order valence-electron chi connectivity index (χ0n) is 11.1. The van der Waals surface area contributed by atoms with Gasteiger partial charge in [-0.15, -0.1) is 0 Å². The minimum atomic E-state index is -0.244. The molecule has 2 N–H and O–H groups in total. The molecule has 100 valence electrons. The molecule has 2 rings (SSSR count). The van der Waals surface area contributed by atoms with Gasteiger partial charge in [0.15, 0.2) is 0 Å². The number of nitrogens with two attached hydrogens (primary N) is 1. The van der Waals surface area contributed by atoms with Gasteiger partial charge in [0.25, 0.3) is 0 Å². The Kier molecular flexibility index (Phi) is 4.38. The molecule has 3 heteroatoms. The van der Waals surface area contributed by atoms with Crippen molar-refractivity contribution in [1.82, 2.24) is 0 Å². The van der Waals surface area contributed by atoms with Gasteiger partial charge in [0, 0.05) is 6.04 Å². The molecule has 0 amide bonds. The van der Waals surface area contributed by atoms with Gasteiger partial charge in [-0.2, -0.15) is 0 Å². The summed E-state index contributed by atoms with van der Waals surface area (Å²) in [6.45, 7) is 4.12. The quantitative estimate of drug-likeness (QED) is 0.888. The summed E-state index contributed by atoms with van der Waals surface area (Å²) in [4.78, 5) is 0. The molecular formula is C16H17BrFN. The van der Waals surface area contributed by atoms with Gasteiger partial charge in [-0.3, -0.25) is 0 Å². The van der Waals surface area contributed by atoms with Crippen molar-refractivity contribution >= 4 is 15.9 Å². The van der Waals surface area contributed by atoms with Crippen LogP contribution in [0, 0.1) is 19.7 Å². The van der Waals surface area contributed by atoms with E-state index in [2.05, 4.69) is 41.9 Å². The van der Waals surface area contributed by atoms with Crippen LogP contribution < -0.4 is 5.73 Å². The van der Waals surface area contributed by atoms with E-state index in [0.717, 1.165) is 11.1 Å². The predicted octanol–water partition coefficient (Wildman–Crippen LogP) is 4.45. The molecule has 2 aromatic rings. The maximum atomic E-state index is 13.5. The highest BCUT2D eigenvalue weighted by atomic mass is 79.9. The first-order chi connectivity index (χ1) is 9.00. The number of rotatable bonds is 3. The van der Waals surface area contributed by atoms with Crippen LogP contribution in [0.4, 0.5) is 4.39 Å². The standard InChI is InChI=1S/C16H17BrFN/c1-10-5-3-6-11(2)15(10)14(19)9-12-7-4-8-13(18)16(12)17/h3-8,14H,9,19H2,1-2H3. The minimum Gasteiger partial charge on any atom is -0.324 e. The smallest absolute Gasteiger partial charge is 0.137 e. The molecule has 0 aromatic heterocycles. The van der Waals surface area contributed by atoms with E-state index in [1.165, 1.54) is 17.2 Å². The zero-order chi connectivity index (χ0) is 14.0. The molecule has 0 heterocycles.